The molecule has 0 bridgehead atoms. The third kappa shape index (κ3) is 7.05. The van der Waals surface area contributed by atoms with E-state index in [1.165, 1.54) is 0 Å². The number of likely N-dealkylation sites (N-methyl/N-ethyl adjacent to an activating group) is 1. The Hall–Kier alpha value is -2.90. The number of carbonyl (C=O) groups excluding carboxylic acids is 2. The van der Waals surface area contributed by atoms with Gasteiger partial charge in [-0.1, -0.05) is 39.0 Å². The number of rotatable bonds is 8. The Labute approximate surface area is 214 Å². The molecule has 3 rings (SSSR count). The zero-order valence-corrected chi connectivity index (χ0v) is 22.3. The van der Waals surface area contributed by atoms with E-state index in [-0.39, 0.29) is 24.2 Å². The number of pyridine rings is 1. The van der Waals surface area contributed by atoms with Crippen LogP contribution in [0.2, 0.25) is 0 Å². The van der Waals surface area contributed by atoms with E-state index in [4.69, 9.17) is 4.74 Å². The number of benzene rings is 1. The van der Waals surface area contributed by atoms with Gasteiger partial charge in [0.05, 0.1) is 12.1 Å². The fourth-order valence-corrected chi connectivity index (χ4v) is 3.72. The van der Waals surface area contributed by atoms with E-state index >= 15 is 0 Å². The highest BCUT2D eigenvalue weighted by Crippen LogP contribution is 2.31. The highest BCUT2D eigenvalue weighted by molar-refractivity contribution is 5.98. The molecule has 1 aromatic carbocycles. The first kappa shape index (κ1) is 28.3. The molecule has 0 saturated carbocycles. The lowest BCUT2D eigenvalue weighted by atomic mass is 9.98. The van der Waals surface area contributed by atoms with Crippen LogP contribution in [0, 0.1) is 0 Å². The molecule has 35 heavy (non-hydrogen) atoms. The molecule has 1 aliphatic heterocycles. The van der Waals surface area contributed by atoms with E-state index in [1.54, 1.807) is 30.3 Å². The second kappa shape index (κ2) is 12.2. The zero-order chi connectivity index (χ0) is 24.9. The highest BCUT2D eigenvalue weighted by Gasteiger charge is 2.30. The summed E-state index contributed by atoms with van der Waals surface area (Å²) < 4.78 is 6.07. The molecule has 1 aromatic heterocycles. The molecule has 2 aromatic rings. The number of hydrogen-bond acceptors (Lipinski definition) is 5. The predicted molar refractivity (Wildman–Crippen MR) is 143 cm³/mol. The molecule has 0 spiro atoms. The summed E-state index contributed by atoms with van der Waals surface area (Å²) in [5.41, 5.74) is 3.15. The fourth-order valence-electron chi connectivity index (χ4n) is 3.72. The zero-order valence-electron chi connectivity index (χ0n) is 21.5. The summed E-state index contributed by atoms with van der Waals surface area (Å²) in [6.07, 6.45) is 5.89. The maximum Gasteiger partial charge on any atom is 0.246 e. The van der Waals surface area contributed by atoms with Crippen molar-refractivity contribution >= 4 is 36.1 Å². The molecule has 0 saturated heterocycles. The second-order valence-corrected chi connectivity index (χ2v) is 9.58. The van der Waals surface area contributed by atoms with E-state index in [0.717, 1.165) is 34.4 Å². The van der Waals surface area contributed by atoms with Crippen molar-refractivity contribution in [2.75, 3.05) is 19.0 Å². The second-order valence-electron chi connectivity index (χ2n) is 9.58. The first-order chi connectivity index (χ1) is 16.1. The van der Waals surface area contributed by atoms with Gasteiger partial charge >= 0.3 is 0 Å². The molecule has 0 fully saturated rings. The third-order valence-electron chi connectivity index (χ3n) is 5.91. The SMILES string of the molecule is CCCOc1c(CN(C)C(=O)/C=C/c2cnc3c(c2)CNC(C)(C)C(=O)N3)cccc1C(C)C.Cl. The van der Waals surface area contributed by atoms with Gasteiger partial charge in [0.2, 0.25) is 11.8 Å². The van der Waals surface area contributed by atoms with Crippen molar-refractivity contribution in [3.05, 3.63) is 58.8 Å². The van der Waals surface area contributed by atoms with Gasteiger partial charge in [-0.25, -0.2) is 4.98 Å². The van der Waals surface area contributed by atoms with Crippen molar-refractivity contribution in [3.63, 3.8) is 0 Å². The molecule has 0 aliphatic carbocycles. The summed E-state index contributed by atoms with van der Waals surface area (Å²) in [5.74, 6) is 1.53. The Kier molecular flexibility index (Phi) is 9.86. The standard InChI is InChI=1S/C27H36N4O3.ClH/c1-7-13-34-24-20(9-8-10-22(24)18(2)3)17-31(6)23(32)12-11-19-14-21-16-29-27(4,5)26(33)30-25(21)28-15-19;/h8-12,14-15,18,29H,7,13,16-17H2,1-6H3,(H,28,30,33);1H/b12-11+;. The van der Waals surface area contributed by atoms with Gasteiger partial charge in [-0.05, 0) is 49.5 Å². The number of nitrogens with one attached hydrogen (secondary N) is 2. The van der Waals surface area contributed by atoms with E-state index < -0.39 is 5.54 Å². The first-order valence-electron chi connectivity index (χ1n) is 11.9. The lowest BCUT2D eigenvalue weighted by Crippen LogP contribution is -2.47. The number of carbonyl (C=O) groups is 2. The molecule has 2 N–H and O–H groups in total. The number of ether oxygens (including phenoxy) is 1. The van der Waals surface area contributed by atoms with Crippen LogP contribution >= 0.6 is 12.4 Å². The van der Waals surface area contributed by atoms with Crippen molar-refractivity contribution < 1.29 is 14.3 Å². The minimum Gasteiger partial charge on any atom is -0.493 e. The third-order valence-corrected chi connectivity index (χ3v) is 5.91. The van der Waals surface area contributed by atoms with E-state index in [2.05, 4.69) is 42.5 Å². The number of halogens is 1. The molecule has 2 heterocycles. The van der Waals surface area contributed by atoms with Crippen molar-refractivity contribution in [1.29, 1.82) is 0 Å². The van der Waals surface area contributed by atoms with Crippen LogP contribution in [0.5, 0.6) is 5.75 Å². The van der Waals surface area contributed by atoms with Gasteiger partial charge < -0.3 is 15.0 Å². The topological polar surface area (TPSA) is 83.6 Å². The first-order valence-corrected chi connectivity index (χ1v) is 11.9. The van der Waals surface area contributed by atoms with Crippen LogP contribution in [0.25, 0.3) is 6.08 Å². The Morgan fingerprint density at radius 1 is 1.31 bits per heavy atom. The number of aromatic nitrogens is 1. The average Bonchev–Trinajstić information content (AvgIpc) is 2.91. The molecular weight excluding hydrogens is 464 g/mol. The Bertz CT molecular complexity index is 1080. The molecule has 8 heteroatoms. The number of anilines is 1. The molecular formula is C27H37ClN4O3. The number of hydrogen-bond donors (Lipinski definition) is 2. The number of nitrogens with zero attached hydrogens (tertiary/aromatic N) is 2. The van der Waals surface area contributed by atoms with E-state index in [1.807, 2.05) is 32.0 Å². The maximum atomic E-state index is 12.8. The van der Waals surface area contributed by atoms with E-state index in [0.29, 0.717) is 31.4 Å². The molecule has 1 aliphatic rings. The van der Waals surface area contributed by atoms with Crippen LogP contribution in [0.3, 0.4) is 0 Å². The molecule has 0 atom stereocenters. The van der Waals surface area contributed by atoms with Crippen molar-refractivity contribution in [3.8, 4) is 5.75 Å². The predicted octanol–water partition coefficient (Wildman–Crippen LogP) is 4.91. The summed E-state index contributed by atoms with van der Waals surface area (Å²) in [6.45, 7) is 11.6. The summed E-state index contributed by atoms with van der Waals surface area (Å²) >= 11 is 0. The molecule has 7 nitrogen and oxygen atoms in total. The van der Waals surface area contributed by atoms with Crippen molar-refractivity contribution in [1.82, 2.24) is 15.2 Å². The molecule has 0 radical (unpaired) electrons. The molecule has 2 amide bonds. The monoisotopic (exact) mass is 500 g/mol. The molecule has 0 unspecified atom stereocenters. The largest absolute Gasteiger partial charge is 0.493 e. The van der Waals surface area contributed by atoms with Gasteiger partial charge in [-0.15, -0.1) is 12.4 Å². The fraction of sp³-hybridized carbons (Fsp3) is 0.444. The summed E-state index contributed by atoms with van der Waals surface area (Å²) in [4.78, 5) is 31.2. The van der Waals surface area contributed by atoms with Gasteiger partial charge in [-0.2, -0.15) is 0 Å². The van der Waals surface area contributed by atoms with Crippen LogP contribution in [0.1, 0.15) is 69.2 Å². The summed E-state index contributed by atoms with van der Waals surface area (Å²) in [5, 5.41) is 6.09. The van der Waals surface area contributed by atoms with Crippen molar-refractivity contribution in [2.45, 2.75) is 65.6 Å². The van der Waals surface area contributed by atoms with Crippen LogP contribution in [0.4, 0.5) is 5.82 Å². The quantitative estimate of drug-likeness (QED) is 0.503. The lowest BCUT2D eigenvalue weighted by molar-refractivity contribution is -0.125. The average molecular weight is 501 g/mol. The van der Waals surface area contributed by atoms with Crippen LogP contribution in [0.15, 0.2) is 36.5 Å². The Morgan fingerprint density at radius 2 is 2.06 bits per heavy atom. The highest BCUT2D eigenvalue weighted by atomic mass is 35.5. The summed E-state index contributed by atoms with van der Waals surface area (Å²) in [7, 11) is 1.79. The number of fused-ring (bicyclic) bond motifs is 1. The van der Waals surface area contributed by atoms with Crippen molar-refractivity contribution in [2.24, 2.45) is 0 Å². The smallest absolute Gasteiger partial charge is 0.246 e. The minimum absolute atomic E-state index is 0. The van der Waals surface area contributed by atoms with Gasteiger partial charge in [0.1, 0.15) is 11.6 Å². The summed E-state index contributed by atoms with van der Waals surface area (Å²) in [6, 6.07) is 8.06. The minimum atomic E-state index is -0.679. The van der Waals surface area contributed by atoms with E-state index in [9.17, 15) is 9.59 Å². The van der Waals surface area contributed by atoms with Gasteiger partial charge in [-0.3, -0.25) is 14.9 Å². The van der Waals surface area contributed by atoms with Crippen LogP contribution in [-0.2, 0) is 22.7 Å². The Balaban J connectivity index is 0.00000432. The van der Waals surface area contributed by atoms with Gasteiger partial charge in [0.15, 0.2) is 0 Å². The van der Waals surface area contributed by atoms with Crippen LogP contribution < -0.4 is 15.4 Å². The van der Waals surface area contributed by atoms with Gasteiger partial charge in [0, 0.05) is 43.5 Å². The number of amides is 2. The number of para-hydroxylation sites is 1. The lowest BCUT2D eigenvalue weighted by Gasteiger charge is -2.21. The van der Waals surface area contributed by atoms with Crippen LogP contribution in [-0.4, -0.2) is 40.9 Å². The molecule has 190 valence electrons. The van der Waals surface area contributed by atoms with Gasteiger partial charge in [0.25, 0.3) is 0 Å². The normalized spacial score (nSPS) is 14.7. The Morgan fingerprint density at radius 3 is 2.74 bits per heavy atom. The maximum absolute atomic E-state index is 12.8.